The first-order valence-electron chi connectivity index (χ1n) is 9.21. The molecule has 3 heterocycles. The van der Waals surface area contributed by atoms with E-state index in [0.717, 1.165) is 55.5 Å². The molecule has 134 valence electrons. The number of benzene rings is 1. The fraction of sp³-hybridized carbons (Fsp3) is 0.579. The SMILES string of the molecule is CCOc1cc(CN[C@H]2CCc3nnc(C)n3C2)c2c(c1)C[C@H](C)O2. The summed E-state index contributed by atoms with van der Waals surface area (Å²) in [6, 6.07) is 4.66. The van der Waals surface area contributed by atoms with E-state index in [0.29, 0.717) is 12.6 Å². The Hall–Kier alpha value is -2.08. The molecule has 0 saturated carbocycles. The molecule has 0 spiro atoms. The number of aryl methyl sites for hydroxylation is 2. The smallest absolute Gasteiger partial charge is 0.133 e. The minimum atomic E-state index is 0.238. The largest absolute Gasteiger partial charge is 0.494 e. The van der Waals surface area contributed by atoms with Crippen LogP contribution in [0.5, 0.6) is 11.5 Å². The van der Waals surface area contributed by atoms with Gasteiger partial charge in [0.15, 0.2) is 0 Å². The van der Waals surface area contributed by atoms with Crippen LogP contribution in [0.1, 0.15) is 43.0 Å². The van der Waals surface area contributed by atoms with Crippen LogP contribution in [0.2, 0.25) is 0 Å². The minimum absolute atomic E-state index is 0.238. The van der Waals surface area contributed by atoms with Gasteiger partial charge in [-0.25, -0.2) is 0 Å². The maximum absolute atomic E-state index is 6.05. The zero-order valence-corrected chi connectivity index (χ0v) is 15.2. The second kappa shape index (κ2) is 6.67. The normalized spacial score (nSPS) is 21.6. The third-order valence-corrected chi connectivity index (χ3v) is 5.07. The Balaban J connectivity index is 1.49. The molecular weight excluding hydrogens is 316 g/mol. The van der Waals surface area contributed by atoms with E-state index in [1.54, 1.807) is 0 Å². The van der Waals surface area contributed by atoms with E-state index in [9.17, 15) is 0 Å². The average molecular weight is 342 g/mol. The molecule has 0 saturated heterocycles. The number of hydrogen-bond donors (Lipinski definition) is 1. The van der Waals surface area contributed by atoms with Crippen LogP contribution in [-0.2, 0) is 25.9 Å². The lowest BCUT2D eigenvalue weighted by atomic mass is 10.0. The van der Waals surface area contributed by atoms with E-state index in [1.165, 1.54) is 11.1 Å². The fourth-order valence-electron chi connectivity index (χ4n) is 3.84. The number of rotatable bonds is 5. The van der Waals surface area contributed by atoms with Gasteiger partial charge in [-0.3, -0.25) is 0 Å². The zero-order valence-electron chi connectivity index (χ0n) is 15.2. The highest BCUT2D eigenvalue weighted by Gasteiger charge is 2.25. The van der Waals surface area contributed by atoms with Crippen molar-refractivity contribution in [3.63, 3.8) is 0 Å². The Labute approximate surface area is 148 Å². The van der Waals surface area contributed by atoms with E-state index in [1.807, 2.05) is 13.8 Å². The van der Waals surface area contributed by atoms with Gasteiger partial charge in [0, 0.05) is 43.1 Å². The van der Waals surface area contributed by atoms with Gasteiger partial charge in [-0.05, 0) is 39.3 Å². The van der Waals surface area contributed by atoms with Crippen LogP contribution in [-0.4, -0.2) is 33.5 Å². The van der Waals surface area contributed by atoms with Gasteiger partial charge in [0.05, 0.1) is 6.61 Å². The number of nitrogens with one attached hydrogen (secondary N) is 1. The molecule has 0 bridgehead atoms. The maximum atomic E-state index is 6.05. The first-order chi connectivity index (χ1) is 12.1. The van der Waals surface area contributed by atoms with Gasteiger partial charge in [-0.1, -0.05) is 0 Å². The van der Waals surface area contributed by atoms with Crippen molar-refractivity contribution in [2.24, 2.45) is 0 Å². The lowest BCUT2D eigenvalue weighted by Gasteiger charge is -2.25. The summed E-state index contributed by atoms with van der Waals surface area (Å²) in [5.41, 5.74) is 2.45. The number of hydrogen-bond acceptors (Lipinski definition) is 5. The molecule has 1 N–H and O–H groups in total. The quantitative estimate of drug-likeness (QED) is 0.904. The number of fused-ring (bicyclic) bond motifs is 2. The van der Waals surface area contributed by atoms with Crippen molar-refractivity contribution in [3.8, 4) is 11.5 Å². The second-order valence-corrected chi connectivity index (χ2v) is 7.03. The van der Waals surface area contributed by atoms with Crippen LogP contribution in [0.3, 0.4) is 0 Å². The highest BCUT2D eigenvalue weighted by molar-refractivity contribution is 5.49. The summed E-state index contributed by atoms with van der Waals surface area (Å²) in [6.07, 6.45) is 3.25. The third kappa shape index (κ3) is 3.23. The summed E-state index contributed by atoms with van der Waals surface area (Å²) >= 11 is 0. The van der Waals surface area contributed by atoms with E-state index in [4.69, 9.17) is 9.47 Å². The van der Waals surface area contributed by atoms with Gasteiger partial charge < -0.3 is 19.4 Å². The van der Waals surface area contributed by atoms with Crippen LogP contribution >= 0.6 is 0 Å². The molecule has 0 unspecified atom stereocenters. The second-order valence-electron chi connectivity index (χ2n) is 7.03. The van der Waals surface area contributed by atoms with Crippen LogP contribution in [0.4, 0.5) is 0 Å². The topological polar surface area (TPSA) is 61.2 Å². The zero-order chi connectivity index (χ0) is 17.4. The molecule has 2 aliphatic heterocycles. The third-order valence-electron chi connectivity index (χ3n) is 5.07. The predicted octanol–water partition coefficient (Wildman–Crippen LogP) is 2.41. The molecule has 0 fully saturated rings. The van der Waals surface area contributed by atoms with Crippen LogP contribution in [0.15, 0.2) is 12.1 Å². The van der Waals surface area contributed by atoms with Gasteiger partial charge in [0.2, 0.25) is 0 Å². The Bertz CT molecular complexity index is 771. The van der Waals surface area contributed by atoms with Crippen molar-refractivity contribution in [2.75, 3.05) is 6.61 Å². The molecule has 6 heteroatoms. The van der Waals surface area contributed by atoms with Gasteiger partial charge in [-0.2, -0.15) is 0 Å². The summed E-state index contributed by atoms with van der Waals surface area (Å²) in [6.45, 7) is 8.56. The molecule has 25 heavy (non-hydrogen) atoms. The van der Waals surface area contributed by atoms with E-state index >= 15 is 0 Å². The standard InChI is InChI=1S/C19H26N4O2/c1-4-24-17-8-14-7-12(2)25-19(14)15(9-17)10-20-16-5-6-18-22-21-13(3)23(18)11-16/h8-9,12,16,20H,4-7,10-11H2,1-3H3/t12-,16-/m0/s1. The van der Waals surface area contributed by atoms with Crippen molar-refractivity contribution in [3.05, 3.63) is 34.9 Å². The molecule has 2 atom stereocenters. The van der Waals surface area contributed by atoms with Crippen LogP contribution in [0.25, 0.3) is 0 Å². The van der Waals surface area contributed by atoms with Crippen molar-refractivity contribution < 1.29 is 9.47 Å². The summed E-state index contributed by atoms with van der Waals surface area (Å²) < 4.78 is 14.0. The molecule has 2 aliphatic rings. The minimum Gasteiger partial charge on any atom is -0.494 e. The van der Waals surface area contributed by atoms with E-state index in [-0.39, 0.29) is 6.10 Å². The number of ether oxygens (including phenoxy) is 2. The summed E-state index contributed by atoms with van der Waals surface area (Å²) in [5, 5.41) is 12.1. The Morgan fingerprint density at radius 2 is 2.24 bits per heavy atom. The molecule has 2 aromatic rings. The van der Waals surface area contributed by atoms with Crippen molar-refractivity contribution >= 4 is 0 Å². The Morgan fingerprint density at radius 3 is 3.08 bits per heavy atom. The summed E-state index contributed by atoms with van der Waals surface area (Å²) in [4.78, 5) is 0. The molecule has 1 aromatic heterocycles. The van der Waals surface area contributed by atoms with E-state index < -0.39 is 0 Å². The Kier molecular flexibility index (Phi) is 4.37. The van der Waals surface area contributed by atoms with Gasteiger partial charge in [0.25, 0.3) is 0 Å². The number of nitrogens with zero attached hydrogens (tertiary/aromatic N) is 3. The number of aromatic nitrogens is 3. The highest BCUT2D eigenvalue weighted by atomic mass is 16.5. The monoisotopic (exact) mass is 342 g/mol. The summed E-state index contributed by atoms with van der Waals surface area (Å²) in [5.74, 6) is 4.08. The van der Waals surface area contributed by atoms with Crippen molar-refractivity contribution in [1.82, 2.24) is 20.1 Å². The first kappa shape index (κ1) is 16.4. The fourth-order valence-corrected chi connectivity index (χ4v) is 3.84. The summed E-state index contributed by atoms with van der Waals surface area (Å²) in [7, 11) is 0. The van der Waals surface area contributed by atoms with Crippen LogP contribution < -0.4 is 14.8 Å². The van der Waals surface area contributed by atoms with Gasteiger partial charge in [0.1, 0.15) is 29.3 Å². The van der Waals surface area contributed by atoms with E-state index in [2.05, 4.69) is 39.1 Å². The van der Waals surface area contributed by atoms with Gasteiger partial charge in [-0.15, -0.1) is 10.2 Å². The highest BCUT2D eigenvalue weighted by Crippen LogP contribution is 2.36. The molecular formula is C19H26N4O2. The lowest BCUT2D eigenvalue weighted by Crippen LogP contribution is -2.37. The van der Waals surface area contributed by atoms with Crippen LogP contribution in [0, 0.1) is 6.92 Å². The molecule has 0 aliphatic carbocycles. The molecule has 1 aromatic carbocycles. The molecule has 6 nitrogen and oxygen atoms in total. The van der Waals surface area contributed by atoms with Gasteiger partial charge >= 0.3 is 0 Å². The predicted molar refractivity (Wildman–Crippen MR) is 95.1 cm³/mol. The first-order valence-corrected chi connectivity index (χ1v) is 9.21. The lowest BCUT2D eigenvalue weighted by molar-refractivity contribution is 0.251. The average Bonchev–Trinajstić information content (AvgIpc) is 3.15. The molecule has 0 radical (unpaired) electrons. The molecule has 0 amide bonds. The maximum Gasteiger partial charge on any atom is 0.133 e. The Morgan fingerprint density at radius 1 is 1.36 bits per heavy atom. The molecule has 4 rings (SSSR count). The van der Waals surface area contributed by atoms with Crippen molar-refractivity contribution in [2.45, 2.75) is 65.3 Å². The van der Waals surface area contributed by atoms with Crippen molar-refractivity contribution in [1.29, 1.82) is 0 Å².